The van der Waals surface area contributed by atoms with E-state index in [1.807, 2.05) is 54.6 Å². The molecular weight excluding hydrogens is 472 g/mol. The molecule has 0 heterocycles. The Morgan fingerprint density at radius 1 is 0.289 bits per heavy atom. The van der Waals surface area contributed by atoms with Crippen LogP contribution in [0.1, 0.15) is 41.4 Å². The van der Waals surface area contributed by atoms with E-state index in [2.05, 4.69) is 18.2 Å². The molecule has 0 aliphatic heterocycles. The van der Waals surface area contributed by atoms with Gasteiger partial charge < -0.3 is 0 Å². The summed E-state index contributed by atoms with van der Waals surface area (Å²) in [6.45, 7) is 0. The Morgan fingerprint density at radius 2 is 0.579 bits per heavy atom. The van der Waals surface area contributed by atoms with Gasteiger partial charge in [0, 0.05) is 22.3 Å². The molecule has 0 amide bonds. The summed E-state index contributed by atoms with van der Waals surface area (Å²) in [5.74, 6) is 0. The number of rotatable bonds is 8. The summed E-state index contributed by atoms with van der Waals surface area (Å²) in [4.78, 5) is 45.0. The van der Waals surface area contributed by atoms with Gasteiger partial charge in [-0.15, -0.1) is 0 Å². The molecule has 0 spiro atoms. The molecule has 4 heteroatoms. The number of hydrogen-bond donors (Lipinski definition) is 0. The van der Waals surface area contributed by atoms with Crippen LogP contribution in [0.5, 0.6) is 0 Å². The second-order valence-electron chi connectivity index (χ2n) is 8.98. The van der Waals surface area contributed by atoms with Crippen LogP contribution >= 0.6 is 0 Å². The Morgan fingerprint density at radius 3 is 0.868 bits per heavy atom. The molecule has 0 fully saturated rings. The van der Waals surface area contributed by atoms with Gasteiger partial charge in [0.1, 0.15) is 25.1 Å². The minimum atomic E-state index is 0.466. The fourth-order valence-electron chi connectivity index (χ4n) is 4.55. The van der Waals surface area contributed by atoms with Crippen LogP contribution < -0.4 is 0 Å². The van der Waals surface area contributed by atoms with Gasteiger partial charge >= 0.3 is 0 Å². The molecule has 38 heavy (non-hydrogen) atoms. The molecule has 0 bridgehead atoms. The highest BCUT2D eigenvalue weighted by Crippen LogP contribution is 2.31. The molecule has 0 aliphatic carbocycles. The standard InChI is InChI=1S/C34H22O4/c35-19-23-12-24(20-36)15-33(14-23)29-8-4-27(5-9-29)31-2-1-3-32(18-31)28-6-10-30(11-7-28)34-16-25(21-37)13-26(17-34)22-38/h1-22H. The Kier molecular flexibility index (Phi) is 6.96. The number of hydrogen-bond acceptors (Lipinski definition) is 4. The SMILES string of the molecule is O=Cc1cc(C=O)cc(-c2ccc(-c3cccc(-c4ccc(-c5cc(C=O)cc(C=O)c5)cc4)c3)cc2)c1. The van der Waals surface area contributed by atoms with Crippen LogP contribution in [0.25, 0.3) is 44.5 Å². The minimum absolute atomic E-state index is 0.466. The van der Waals surface area contributed by atoms with Crippen molar-refractivity contribution in [3.8, 4) is 44.5 Å². The van der Waals surface area contributed by atoms with Crippen molar-refractivity contribution in [2.24, 2.45) is 0 Å². The third-order valence-corrected chi connectivity index (χ3v) is 6.47. The minimum Gasteiger partial charge on any atom is -0.298 e. The van der Waals surface area contributed by atoms with E-state index in [4.69, 9.17) is 0 Å². The van der Waals surface area contributed by atoms with Gasteiger partial charge in [0.2, 0.25) is 0 Å². The monoisotopic (exact) mass is 494 g/mol. The van der Waals surface area contributed by atoms with Gasteiger partial charge in [0.05, 0.1) is 0 Å². The summed E-state index contributed by atoms with van der Waals surface area (Å²) in [6, 6.07) is 34.5. The van der Waals surface area contributed by atoms with Gasteiger partial charge in [0.15, 0.2) is 0 Å². The van der Waals surface area contributed by atoms with E-state index in [0.717, 1.165) is 69.7 Å². The highest BCUT2D eigenvalue weighted by molar-refractivity contribution is 5.88. The van der Waals surface area contributed by atoms with Gasteiger partial charge in [0.25, 0.3) is 0 Å². The summed E-state index contributed by atoms with van der Waals surface area (Å²) in [5.41, 5.74) is 9.54. The molecule has 5 rings (SSSR count). The van der Waals surface area contributed by atoms with E-state index in [-0.39, 0.29) is 0 Å². The molecule has 0 aromatic heterocycles. The molecule has 0 saturated heterocycles. The molecule has 0 N–H and O–H groups in total. The first-order valence-electron chi connectivity index (χ1n) is 12.0. The van der Waals surface area contributed by atoms with Crippen LogP contribution in [0.15, 0.2) is 109 Å². The normalized spacial score (nSPS) is 10.5. The van der Waals surface area contributed by atoms with Crippen molar-refractivity contribution in [1.82, 2.24) is 0 Å². The lowest BCUT2D eigenvalue weighted by atomic mass is 9.95. The van der Waals surface area contributed by atoms with Crippen LogP contribution in [0.3, 0.4) is 0 Å². The Hall–Kier alpha value is -5.22. The summed E-state index contributed by atoms with van der Waals surface area (Å²) in [6.07, 6.45) is 2.97. The first-order valence-corrected chi connectivity index (χ1v) is 12.0. The zero-order valence-electron chi connectivity index (χ0n) is 20.3. The number of carbonyl (C=O) groups excluding carboxylic acids is 4. The third kappa shape index (κ3) is 5.15. The highest BCUT2D eigenvalue weighted by Gasteiger charge is 2.07. The van der Waals surface area contributed by atoms with Crippen LogP contribution in [-0.4, -0.2) is 25.1 Å². The predicted octanol–water partition coefficient (Wildman–Crippen LogP) is 7.60. The van der Waals surface area contributed by atoms with E-state index in [1.54, 1.807) is 36.4 Å². The first kappa shape index (κ1) is 24.5. The average molecular weight is 495 g/mol. The van der Waals surface area contributed by atoms with Crippen molar-refractivity contribution in [2.75, 3.05) is 0 Å². The number of carbonyl (C=O) groups is 4. The van der Waals surface area contributed by atoms with Crippen molar-refractivity contribution in [3.63, 3.8) is 0 Å². The van der Waals surface area contributed by atoms with Gasteiger partial charge in [-0.05, 0) is 87.0 Å². The molecule has 0 unspecified atom stereocenters. The summed E-state index contributed by atoms with van der Waals surface area (Å²) in [5, 5.41) is 0. The molecular formula is C34H22O4. The molecule has 5 aromatic rings. The molecule has 182 valence electrons. The van der Waals surface area contributed by atoms with Gasteiger partial charge in [-0.2, -0.15) is 0 Å². The van der Waals surface area contributed by atoms with Crippen molar-refractivity contribution >= 4 is 25.1 Å². The molecule has 0 atom stereocenters. The second-order valence-corrected chi connectivity index (χ2v) is 8.98. The van der Waals surface area contributed by atoms with E-state index in [9.17, 15) is 19.2 Å². The number of benzene rings is 5. The zero-order chi connectivity index (χ0) is 26.5. The lowest BCUT2D eigenvalue weighted by molar-refractivity contribution is 0.111. The second kappa shape index (κ2) is 10.8. The highest BCUT2D eigenvalue weighted by atomic mass is 16.1. The van der Waals surface area contributed by atoms with Crippen LogP contribution in [0, 0.1) is 0 Å². The van der Waals surface area contributed by atoms with Crippen molar-refractivity contribution < 1.29 is 19.2 Å². The fourth-order valence-corrected chi connectivity index (χ4v) is 4.55. The van der Waals surface area contributed by atoms with E-state index >= 15 is 0 Å². The fraction of sp³-hybridized carbons (Fsp3) is 0. The van der Waals surface area contributed by atoms with Crippen LogP contribution in [0.4, 0.5) is 0 Å². The Bertz CT molecular complexity index is 1490. The molecule has 0 saturated carbocycles. The molecule has 0 radical (unpaired) electrons. The first-order chi connectivity index (χ1) is 18.6. The Balaban J connectivity index is 1.41. The van der Waals surface area contributed by atoms with Crippen LogP contribution in [-0.2, 0) is 0 Å². The average Bonchev–Trinajstić information content (AvgIpc) is 3.00. The van der Waals surface area contributed by atoms with Crippen LogP contribution in [0.2, 0.25) is 0 Å². The lowest BCUT2D eigenvalue weighted by Crippen LogP contribution is -1.89. The maximum atomic E-state index is 11.2. The summed E-state index contributed by atoms with van der Waals surface area (Å²) in [7, 11) is 0. The summed E-state index contributed by atoms with van der Waals surface area (Å²) >= 11 is 0. The Labute approximate surface area is 220 Å². The third-order valence-electron chi connectivity index (χ3n) is 6.47. The molecule has 5 aromatic carbocycles. The quantitative estimate of drug-likeness (QED) is 0.208. The molecule has 4 nitrogen and oxygen atoms in total. The van der Waals surface area contributed by atoms with E-state index < -0.39 is 0 Å². The smallest absolute Gasteiger partial charge is 0.150 e. The largest absolute Gasteiger partial charge is 0.298 e. The van der Waals surface area contributed by atoms with Crippen molar-refractivity contribution in [1.29, 1.82) is 0 Å². The number of aldehydes is 4. The zero-order valence-corrected chi connectivity index (χ0v) is 20.3. The maximum absolute atomic E-state index is 11.2. The van der Waals surface area contributed by atoms with Gasteiger partial charge in [-0.1, -0.05) is 66.7 Å². The van der Waals surface area contributed by atoms with Gasteiger partial charge in [-0.3, -0.25) is 19.2 Å². The maximum Gasteiger partial charge on any atom is 0.150 e. The lowest BCUT2D eigenvalue weighted by Gasteiger charge is -2.10. The van der Waals surface area contributed by atoms with E-state index in [1.165, 1.54) is 0 Å². The topological polar surface area (TPSA) is 68.3 Å². The predicted molar refractivity (Wildman–Crippen MR) is 150 cm³/mol. The van der Waals surface area contributed by atoms with Crippen molar-refractivity contribution in [3.05, 3.63) is 131 Å². The van der Waals surface area contributed by atoms with E-state index in [0.29, 0.717) is 22.3 Å². The van der Waals surface area contributed by atoms with Crippen molar-refractivity contribution in [2.45, 2.75) is 0 Å². The molecule has 0 aliphatic rings. The summed E-state index contributed by atoms with van der Waals surface area (Å²) < 4.78 is 0. The van der Waals surface area contributed by atoms with Gasteiger partial charge in [-0.25, -0.2) is 0 Å².